The topological polar surface area (TPSA) is 78.4 Å². The third-order valence-corrected chi connectivity index (χ3v) is 6.71. The molecular weight excluding hydrogens is 500 g/mol. The van der Waals surface area contributed by atoms with Crippen molar-refractivity contribution in [3.05, 3.63) is 81.2 Å². The summed E-state index contributed by atoms with van der Waals surface area (Å²) in [5.41, 5.74) is 3.26. The van der Waals surface area contributed by atoms with Crippen molar-refractivity contribution in [3.63, 3.8) is 0 Å². The normalized spacial score (nSPS) is 15.2. The van der Waals surface area contributed by atoms with E-state index >= 15 is 0 Å². The fourth-order valence-corrected chi connectivity index (χ4v) is 4.46. The molecule has 4 rings (SSSR count). The van der Waals surface area contributed by atoms with Gasteiger partial charge in [-0.1, -0.05) is 23.7 Å². The van der Waals surface area contributed by atoms with E-state index in [-0.39, 0.29) is 12.5 Å². The molecule has 9 heteroatoms. The van der Waals surface area contributed by atoms with Crippen LogP contribution in [0.1, 0.15) is 16.7 Å². The van der Waals surface area contributed by atoms with Gasteiger partial charge in [-0.2, -0.15) is 0 Å². The first-order chi connectivity index (χ1) is 17.4. The number of nitrogens with one attached hydrogen (secondary N) is 1. The minimum Gasteiger partial charge on any atom is -0.497 e. The lowest BCUT2D eigenvalue weighted by atomic mass is 10.1. The lowest BCUT2D eigenvalue weighted by molar-refractivity contribution is -0.115. The molecule has 1 fully saturated rings. The first-order valence-electron chi connectivity index (χ1n) is 11.0. The number of methoxy groups -OCH3 is 3. The van der Waals surface area contributed by atoms with Crippen LogP contribution in [0.25, 0.3) is 6.08 Å². The Bertz CT molecular complexity index is 1360. The maximum absolute atomic E-state index is 12.5. The van der Waals surface area contributed by atoms with Gasteiger partial charge >= 0.3 is 0 Å². The van der Waals surface area contributed by atoms with Crippen LogP contribution >= 0.6 is 23.4 Å². The first-order valence-corrected chi connectivity index (χ1v) is 12.2. The molecule has 0 atom stereocenters. The molecule has 1 heterocycles. The zero-order valence-corrected chi connectivity index (χ0v) is 21.8. The summed E-state index contributed by atoms with van der Waals surface area (Å²) in [6.07, 6.45) is 1.78. The molecule has 0 unspecified atom stereocenters. The minimum absolute atomic E-state index is 0.221. The van der Waals surface area contributed by atoms with Crippen LogP contribution in [-0.2, 0) is 11.4 Å². The second kappa shape index (κ2) is 11.4. The highest BCUT2D eigenvalue weighted by atomic mass is 35.5. The molecule has 1 N–H and O–H groups in total. The van der Waals surface area contributed by atoms with Crippen LogP contribution in [0.2, 0.25) is 5.02 Å². The number of nitrogens with zero attached hydrogens (tertiary/aromatic N) is 1. The Morgan fingerprint density at radius 3 is 2.44 bits per heavy atom. The second-order valence-electron chi connectivity index (χ2n) is 7.79. The third kappa shape index (κ3) is 5.95. The molecule has 0 aliphatic carbocycles. The molecule has 0 bridgehead atoms. The fraction of sp³-hybridized carbons (Fsp3) is 0.185. The predicted molar refractivity (Wildman–Crippen MR) is 144 cm³/mol. The quantitative estimate of drug-likeness (QED) is 0.356. The Kier molecular flexibility index (Phi) is 8.07. The summed E-state index contributed by atoms with van der Waals surface area (Å²) in [4.78, 5) is 17.5. The Hall–Kier alpha value is -3.62. The number of carbonyl (C=O) groups excluding carboxylic acids is 1. The number of benzene rings is 3. The van der Waals surface area contributed by atoms with Crippen molar-refractivity contribution in [2.24, 2.45) is 4.99 Å². The first kappa shape index (κ1) is 25.5. The van der Waals surface area contributed by atoms with Crippen molar-refractivity contribution in [1.29, 1.82) is 0 Å². The maximum atomic E-state index is 12.5. The summed E-state index contributed by atoms with van der Waals surface area (Å²) in [6, 6.07) is 16.5. The number of amides is 1. The number of thioether (sulfide) groups is 1. The van der Waals surface area contributed by atoms with Crippen LogP contribution in [-0.4, -0.2) is 32.4 Å². The fourth-order valence-electron chi connectivity index (χ4n) is 3.44. The highest BCUT2D eigenvalue weighted by molar-refractivity contribution is 8.18. The number of aliphatic imine (C=N–C) groups is 1. The van der Waals surface area contributed by atoms with Gasteiger partial charge in [0.05, 0.1) is 31.9 Å². The molecule has 0 spiro atoms. The van der Waals surface area contributed by atoms with Crippen LogP contribution in [0.5, 0.6) is 23.0 Å². The lowest BCUT2D eigenvalue weighted by Crippen LogP contribution is -2.19. The van der Waals surface area contributed by atoms with Crippen LogP contribution in [0, 0.1) is 6.92 Å². The van der Waals surface area contributed by atoms with E-state index in [0.717, 1.165) is 16.7 Å². The van der Waals surface area contributed by atoms with Crippen LogP contribution < -0.4 is 24.3 Å². The molecule has 1 aliphatic heterocycles. The van der Waals surface area contributed by atoms with Gasteiger partial charge in [-0.05, 0) is 78.4 Å². The highest BCUT2D eigenvalue weighted by Crippen LogP contribution is 2.34. The van der Waals surface area contributed by atoms with Crippen molar-refractivity contribution in [2.45, 2.75) is 13.5 Å². The summed E-state index contributed by atoms with van der Waals surface area (Å²) in [6.45, 7) is 2.19. The summed E-state index contributed by atoms with van der Waals surface area (Å²) in [5, 5.41) is 3.91. The van der Waals surface area contributed by atoms with Gasteiger partial charge in [0.1, 0.15) is 18.1 Å². The molecule has 36 heavy (non-hydrogen) atoms. The van der Waals surface area contributed by atoms with E-state index in [1.165, 1.54) is 11.8 Å². The maximum Gasteiger partial charge on any atom is 0.264 e. The van der Waals surface area contributed by atoms with Gasteiger partial charge in [-0.15, -0.1) is 0 Å². The number of aryl methyl sites for hydroxylation is 1. The predicted octanol–water partition coefficient (Wildman–Crippen LogP) is 6.14. The van der Waals surface area contributed by atoms with E-state index in [2.05, 4.69) is 10.3 Å². The molecular formula is C27H25ClN2O5S. The Balaban J connectivity index is 1.50. The van der Waals surface area contributed by atoms with E-state index in [4.69, 9.17) is 30.5 Å². The largest absolute Gasteiger partial charge is 0.497 e. The van der Waals surface area contributed by atoms with Crippen molar-refractivity contribution in [3.8, 4) is 23.0 Å². The van der Waals surface area contributed by atoms with Crippen molar-refractivity contribution < 1.29 is 23.7 Å². The molecule has 0 radical (unpaired) electrons. The van der Waals surface area contributed by atoms with Crippen molar-refractivity contribution >= 4 is 46.2 Å². The Labute approximate surface area is 219 Å². The number of rotatable bonds is 8. The lowest BCUT2D eigenvalue weighted by Gasteiger charge is -2.14. The zero-order valence-electron chi connectivity index (χ0n) is 20.3. The molecule has 0 aromatic heterocycles. The summed E-state index contributed by atoms with van der Waals surface area (Å²) >= 11 is 7.44. The number of halogens is 1. The summed E-state index contributed by atoms with van der Waals surface area (Å²) in [5.74, 6) is 2.29. The molecule has 7 nitrogen and oxygen atoms in total. The number of amidine groups is 1. The molecule has 3 aromatic rings. The summed E-state index contributed by atoms with van der Waals surface area (Å²) < 4.78 is 22.3. The number of ether oxygens (including phenoxy) is 4. The van der Waals surface area contributed by atoms with Gasteiger partial charge in [-0.25, -0.2) is 4.99 Å². The third-order valence-electron chi connectivity index (χ3n) is 5.39. The van der Waals surface area contributed by atoms with Crippen molar-refractivity contribution in [2.75, 3.05) is 21.3 Å². The summed E-state index contributed by atoms with van der Waals surface area (Å²) in [7, 11) is 4.79. The molecule has 1 saturated heterocycles. The zero-order chi connectivity index (χ0) is 25.7. The molecule has 186 valence electrons. The van der Waals surface area contributed by atoms with Gasteiger partial charge in [0.2, 0.25) is 0 Å². The second-order valence-corrected chi connectivity index (χ2v) is 9.23. The van der Waals surface area contributed by atoms with E-state index in [1.54, 1.807) is 39.5 Å². The SMILES string of the molecule is COc1ccc(OC)c(COc2ccc(/C=C3\SC(=Nc4ccc(C)c(Cl)c4)NC3=O)cc2OC)c1. The van der Waals surface area contributed by atoms with Crippen molar-refractivity contribution in [1.82, 2.24) is 5.32 Å². The molecule has 1 amide bonds. The van der Waals surface area contributed by atoms with Gasteiger partial charge in [0, 0.05) is 10.6 Å². The number of carbonyl (C=O) groups is 1. The molecule has 0 saturated carbocycles. The smallest absolute Gasteiger partial charge is 0.264 e. The average molecular weight is 525 g/mol. The standard InChI is InChI=1S/C27H25ClN2O5S/c1-16-5-7-19(14-21(16)28)29-27-30-26(31)25(36-27)12-17-6-9-23(24(11-17)34-4)35-15-18-13-20(32-2)8-10-22(18)33-3/h5-14H,15H2,1-4H3,(H,29,30,31)/b25-12-. The van der Waals surface area contributed by atoms with Gasteiger partial charge < -0.3 is 24.3 Å². The Morgan fingerprint density at radius 1 is 0.944 bits per heavy atom. The van der Waals surface area contributed by atoms with Gasteiger partial charge in [0.15, 0.2) is 16.7 Å². The highest BCUT2D eigenvalue weighted by Gasteiger charge is 2.24. The Morgan fingerprint density at radius 2 is 1.72 bits per heavy atom. The number of hydrogen-bond donors (Lipinski definition) is 1. The van der Waals surface area contributed by atoms with E-state index < -0.39 is 0 Å². The van der Waals surface area contributed by atoms with Crippen LogP contribution in [0.4, 0.5) is 5.69 Å². The van der Waals surface area contributed by atoms with E-state index in [0.29, 0.717) is 43.8 Å². The number of hydrogen-bond acceptors (Lipinski definition) is 7. The van der Waals surface area contributed by atoms with Crippen LogP contribution in [0.3, 0.4) is 0 Å². The van der Waals surface area contributed by atoms with Crippen LogP contribution in [0.15, 0.2) is 64.5 Å². The monoisotopic (exact) mass is 524 g/mol. The van der Waals surface area contributed by atoms with Gasteiger partial charge in [-0.3, -0.25) is 4.79 Å². The van der Waals surface area contributed by atoms with E-state index in [9.17, 15) is 4.79 Å². The average Bonchev–Trinajstić information content (AvgIpc) is 3.23. The van der Waals surface area contributed by atoms with Gasteiger partial charge in [0.25, 0.3) is 5.91 Å². The minimum atomic E-state index is -0.221. The molecule has 3 aromatic carbocycles. The van der Waals surface area contributed by atoms with E-state index in [1.807, 2.05) is 49.4 Å². The molecule has 1 aliphatic rings.